The molecule has 2 saturated carbocycles. The van der Waals surface area contributed by atoms with Gasteiger partial charge in [-0.25, -0.2) is 0 Å². The summed E-state index contributed by atoms with van der Waals surface area (Å²) in [6.45, 7) is 11.9. The van der Waals surface area contributed by atoms with Crippen LogP contribution in [0, 0.1) is 54.8 Å². The van der Waals surface area contributed by atoms with Crippen LogP contribution >= 0.6 is 0 Å². The van der Waals surface area contributed by atoms with E-state index in [1.54, 1.807) is 11.1 Å². The largest absolute Gasteiger partial charge is 0.302 e. The Labute approximate surface area is 223 Å². The standard InChI is InChI=1S/C17H21N.C9H13NO.C8H10/c1-2-4-14-8-17(7-13(14)3-1)15-5-12-6-16(17)11-18(9-12)10-15;11-9-7-1-6-2-8(9)5-10(3-6)4-7;1-7-5-3-4-6-8(7)2/h1-4,12,15-16H,5-11H2;6-8H,1-5H2;3-6H,1-2H3. The maximum absolute atomic E-state index is 11.5. The van der Waals surface area contributed by atoms with Crippen LogP contribution in [-0.4, -0.2) is 54.9 Å². The van der Waals surface area contributed by atoms with E-state index in [0.29, 0.717) is 23.0 Å². The van der Waals surface area contributed by atoms with E-state index in [1.165, 1.54) is 75.8 Å². The van der Waals surface area contributed by atoms with Gasteiger partial charge in [-0.15, -0.1) is 0 Å². The number of carbonyl (C=O) groups is 1. The van der Waals surface area contributed by atoms with Crippen LogP contribution in [0.5, 0.6) is 0 Å². The van der Waals surface area contributed by atoms with Gasteiger partial charge in [0.1, 0.15) is 5.78 Å². The third-order valence-corrected chi connectivity index (χ3v) is 11.4. The lowest BCUT2D eigenvalue weighted by Gasteiger charge is -2.61. The first-order valence-electron chi connectivity index (χ1n) is 15.0. The van der Waals surface area contributed by atoms with Crippen molar-refractivity contribution in [3.8, 4) is 0 Å². The maximum Gasteiger partial charge on any atom is 0.141 e. The molecule has 2 aromatic rings. The Hall–Kier alpha value is -1.97. The number of carbonyl (C=O) groups excluding carboxylic acids is 1. The molecule has 8 bridgehead atoms. The number of nitrogens with zero attached hydrogens (tertiary/aromatic N) is 2. The van der Waals surface area contributed by atoms with E-state index in [1.807, 2.05) is 0 Å². The molecule has 4 unspecified atom stereocenters. The van der Waals surface area contributed by atoms with Crippen molar-refractivity contribution in [3.05, 3.63) is 70.8 Å². The van der Waals surface area contributed by atoms with Crippen LogP contribution in [-0.2, 0) is 17.6 Å². The fourth-order valence-corrected chi connectivity index (χ4v) is 9.65. The molecule has 2 aromatic carbocycles. The van der Waals surface area contributed by atoms with Gasteiger partial charge >= 0.3 is 0 Å². The number of benzene rings is 2. The first-order valence-corrected chi connectivity index (χ1v) is 15.0. The molecule has 0 radical (unpaired) electrons. The molecule has 6 saturated heterocycles. The molecule has 8 fully saturated rings. The smallest absolute Gasteiger partial charge is 0.141 e. The Kier molecular flexibility index (Phi) is 6.09. The lowest BCUT2D eigenvalue weighted by atomic mass is 9.52. The Morgan fingerprint density at radius 2 is 1.08 bits per heavy atom. The van der Waals surface area contributed by atoms with Crippen LogP contribution in [0.1, 0.15) is 47.9 Å². The zero-order chi connectivity index (χ0) is 25.1. The van der Waals surface area contributed by atoms with Gasteiger partial charge < -0.3 is 9.80 Å². The van der Waals surface area contributed by atoms with Gasteiger partial charge in [0.2, 0.25) is 0 Å². The summed E-state index contributed by atoms with van der Waals surface area (Å²) in [5.41, 5.74) is 6.73. The Bertz CT molecular complexity index is 1060. The van der Waals surface area contributed by atoms with Crippen LogP contribution in [0.3, 0.4) is 0 Å². The SMILES string of the molecule is Cc1ccccc1C.O=C1C2CC3CC1CN(C3)C2.c1ccc2c(c1)CC1(C2)C2CC3CC1CN(C3)C2. The molecule has 0 amide bonds. The third kappa shape index (κ3) is 4.31. The second-order valence-electron chi connectivity index (χ2n) is 13.7. The van der Waals surface area contributed by atoms with Crippen molar-refractivity contribution in [2.24, 2.45) is 40.9 Å². The average Bonchev–Trinajstić information content (AvgIpc) is 3.28. The van der Waals surface area contributed by atoms with Crippen molar-refractivity contribution in [1.29, 1.82) is 0 Å². The van der Waals surface area contributed by atoms with Gasteiger partial charge in [0.25, 0.3) is 0 Å². The number of rotatable bonds is 0. The maximum atomic E-state index is 11.5. The molecule has 6 aliphatic heterocycles. The monoisotopic (exact) mass is 496 g/mol. The number of ketones is 1. The molecular formula is C34H44N2O. The molecule has 0 aromatic heterocycles. The van der Waals surface area contributed by atoms with Gasteiger partial charge in [0.05, 0.1) is 0 Å². The van der Waals surface area contributed by atoms with Crippen LogP contribution in [0.25, 0.3) is 0 Å². The normalized spacial score (nSPS) is 38.6. The minimum atomic E-state index is 0.432. The van der Waals surface area contributed by atoms with Crippen molar-refractivity contribution in [2.75, 3.05) is 39.3 Å². The molecule has 3 aliphatic carbocycles. The second kappa shape index (κ2) is 9.35. The molecular weight excluding hydrogens is 452 g/mol. The molecule has 1 spiro atoms. The number of fused-ring (bicyclic) bond motifs is 1. The van der Waals surface area contributed by atoms with E-state index in [-0.39, 0.29) is 0 Å². The van der Waals surface area contributed by atoms with Crippen LogP contribution in [0.4, 0.5) is 0 Å². The highest BCUT2D eigenvalue weighted by Crippen LogP contribution is 2.59. The first-order chi connectivity index (χ1) is 18.0. The van der Waals surface area contributed by atoms with Crippen LogP contribution < -0.4 is 0 Å². The lowest BCUT2D eigenvalue weighted by Crippen LogP contribution is -2.63. The molecule has 3 heteroatoms. The predicted octanol–water partition coefficient (Wildman–Crippen LogP) is 5.57. The van der Waals surface area contributed by atoms with Gasteiger partial charge in [-0.2, -0.15) is 0 Å². The quantitative estimate of drug-likeness (QED) is 0.476. The van der Waals surface area contributed by atoms with E-state index < -0.39 is 0 Å². The molecule has 0 N–H and O–H groups in total. The summed E-state index contributed by atoms with van der Waals surface area (Å²) < 4.78 is 0. The fraction of sp³-hybridized carbons (Fsp3) is 0.618. The molecule has 9 aliphatic rings. The molecule has 4 atom stereocenters. The Morgan fingerprint density at radius 3 is 1.54 bits per heavy atom. The van der Waals surface area contributed by atoms with Gasteiger partial charge in [-0.05, 0) is 104 Å². The summed E-state index contributed by atoms with van der Waals surface area (Å²) in [4.78, 5) is 16.8. The first kappa shape index (κ1) is 24.1. The fourth-order valence-electron chi connectivity index (χ4n) is 9.65. The van der Waals surface area contributed by atoms with Crippen molar-refractivity contribution in [2.45, 2.75) is 52.4 Å². The number of hydrogen-bond acceptors (Lipinski definition) is 3. The van der Waals surface area contributed by atoms with Crippen molar-refractivity contribution >= 4 is 5.78 Å². The summed E-state index contributed by atoms with van der Waals surface area (Å²) in [5.74, 6) is 5.34. The number of piperidine rings is 6. The molecule has 196 valence electrons. The average molecular weight is 497 g/mol. The van der Waals surface area contributed by atoms with Crippen molar-refractivity contribution < 1.29 is 4.79 Å². The van der Waals surface area contributed by atoms with Crippen LogP contribution in [0.15, 0.2) is 48.5 Å². The lowest BCUT2D eigenvalue weighted by molar-refractivity contribution is -0.142. The molecule has 37 heavy (non-hydrogen) atoms. The summed E-state index contributed by atoms with van der Waals surface area (Å²) in [7, 11) is 0. The number of hydrogen-bond donors (Lipinski definition) is 0. The van der Waals surface area contributed by atoms with E-state index >= 15 is 0 Å². The van der Waals surface area contributed by atoms with Gasteiger partial charge in [-0.1, -0.05) is 48.5 Å². The summed E-state index contributed by atoms with van der Waals surface area (Å²) >= 11 is 0. The minimum absolute atomic E-state index is 0.432. The van der Waals surface area contributed by atoms with Crippen molar-refractivity contribution in [3.63, 3.8) is 0 Å². The number of aryl methyl sites for hydroxylation is 2. The van der Waals surface area contributed by atoms with E-state index in [2.05, 4.69) is 72.2 Å². The summed E-state index contributed by atoms with van der Waals surface area (Å²) in [6.07, 6.45) is 8.23. The van der Waals surface area contributed by atoms with Gasteiger partial charge in [-0.3, -0.25) is 4.79 Å². The molecule has 6 heterocycles. The highest BCUT2D eigenvalue weighted by atomic mass is 16.1. The predicted molar refractivity (Wildman–Crippen MR) is 149 cm³/mol. The van der Waals surface area contributed by atoms with E-state index in [4.69, 9.17) is 0 Å². The highest BCUT2D eigenvalue weighted by molar-refractivity contribution is 5.85. The summed E-state index contributed by atoms with van der Waals surface area (Å²) in [5, 5.41) is 0. The minimum Gasteiger partial charge on any atom is -0.302 e. The zero-order valence-corrected chi connectivity index (χ0v) is 22.9. The van der Waals surface area contributed by atoms with Crippen molar-refractivity contribution in [1.82, 2.24) is 9.80 Å². The van der Waals surface area contributed by atoms with Gasteiger partial charge in [0, 0.05) is 51.1 Å². The van der Waals surface area contributed by atoms with E-state index in [0.717, 1.165) is 36.8 Å². The Morgan fingerprint density at radius 1 is 0.622 bits per heavy atom. The number of Topliss-reactive ketones (excluding diaryl/α,β-unsaturated/α-hetero) is 1. The zero-order valence-electron chi connectivity index (χ0n) is 22.9. The van der Waals surface area contributed by atoms with Gasteiger partial charge in [0.15, 0.2) is 0 Å². The molecule has 11 rings (SSSR count). The highest BCUT2D eigenvalue weighted by Gasteiger charge is 2.58. The third-order valence-electron chi connectivity index (χ3n) is 11.4. The second-order valence-corrected chi connectivity index (χ2v) is 13.7. The topological polar surface area (TPSA) is 23.6 Å². The Balaban J connectivity index is 0.000000104. The molecule has 3 nitrogen and oxygen atoms in total. The van der Waals surface area contributed by atoms with E-state index in [9.17, 15) is 4.79 Å². The summed E-state index contributed by atoms with van der Waals surface area (Å²) in [6, 6.07) is 17.6. The van der Waals surface area contributed by atoms with Crippen LogP contribution in [0.2, 0.25) is 0 Å².